The van der Waals surface area contributed by atoms with E-state index in [1.165, 1.54) is 14.2 Å². The molecule has 114 valence electrons. The van der Waals surface area contributed by atoms with E-state index in [-0.39, 0.29) is 0 Å². The first kappa shape index (κ1) is 16.6. The molecule has 1 amide bonds. The molecule has 1 atom stereocenters. The number of methoxy groups -OCH3 is 2. The maximum Gasteiger partial charge on any atom is 0.239 e. The van der Waals surface area contributed by atoms with Crippen LogP contribution in [0.3, 0.4) is 0 Å². The molecule has 0 aliphatic carbocycles. The van der Waals surface area contributed by atoms with Crippen LogP contribution in [-0.4, -0.2) is 33.2 Å². The van der Waals surface area contributed by atoms with Crippen molar-refractivity contribution in [3.63, 3.8) is 0 Å². The predicted molar refractivity (Wildman–Crippen MR) is 78.1 cm³/mol. The van der Waals surface area contributed by atoms with Crippen LogP contribution in [0.2, 0.25) is 0 Å². The number of carbonyl (C=O) groups excluding carboxylic acids is 1. The fraction of sp³-hybridized carbons (Fsp3) is 0.462. The molecule has 0 heterocycles. The Morgan fingerprint density at radius 1 is 1.38 bits per heavy atom. The summed E-state index contributed by atoms with van der Waals surface area (Å²) in [7, 11) is 3.07. The molecule has 1 aromatic rings. The first-order valence-electron chi connectivity index (χ1n) is 6.39. The molecule has 0 spiro atoms. The van der Waals surface area contributed by atoms with Crippen LogP contribution in [0.5, 0.6) is 11.5 Å². The lowest BCUT2D eigenvalue weighted by Gasteiger charge is -2.17. The summed E-state index contributed by atoms with van der Waals surface area (Å²) in [6.45, 7) is 0.850. The van der Waals surface area contributed by atoms with Crippen molar-refractivity contribution in [2.75, 3.05) is 27.3 Å². The minimum atomic E-state index is -0.667. The molecule has 21 heavy (non-hydrogen) atoms. The second-order valence-electron chi connectivity index (χ2n) is 4.24. The molecule has 0 saturated carbocycles. The monoisotopic (exact) mass is 293 g/mol. The highest BCUT2D eigenvalue weighted by Crippen LogP contribution is 2.26. The zero-order chi connectivity index (χ0) is 15.7. The van der Waals surface area contributed by atoms with Crippen LogP contribution in [0, 0.1) is 0 Å². The number of primary amides is 1. The van der Waals surface area contributed by atoms with Crippen LogP contribution in [-0.2, 0) is 4.79 Å². The van der Waals surface area contributed by atoms with Gasteiger partial charge in [-0.25, -0.2) is 0 Å². The van der Waals surface area contributed by atoms with Gasteiger partial charge in [-0.3, -0.25) is 4.79 Å². The number of nitrogens with one attached hydrogen (secondary N) is 1. The first-order chi connectivity index (χ1) is 10.1. The van der Waals surface area contributed by atoms with E-state index in [2.05, 4.69) is 15.3 Å². The van der Waals surface area contributed by atoms with Crippen LogP contribution in [0.1, 0.15) is 18.0 Å². The van der Waals surface area contributed by atoms with E-state index in [0.717, 1.165) is 0 Å². The first-order valence-corrected chi connectivity index (χ1v) is 6.39. The zero-order valence-corrected chi connectivity index (χ0v) is 12.1. The summed E-state index contributed by atoms with van der Waals surface area (Å²) in [4.78, 5) is 14.3. The number of hydrogen-bond acceptors (Lipinski definition) is 5. The Bertz CT molecular complexity index is 506. The lowest BCUT2D eigenvalue weighted by Crippen LogP contribution is -2.34. The number of hydrogen-bond donors (Lipinski definition) is 2. The second-order valence-corrected chi connectivity index (χ2v) is 4.24. The van der Waals surface area contributed by atoms with Crippen molar-refractivity contribution >= 4 is 5.91 Å². The lowest BCUT2D eigenvalue weighted by atomic mass is 10.1. The fourth-order valence-corrected chi connectivity index (χ4v) is 1.82. The van der Waals surface area contributed by atoms with Crippen molar-refractivity contribution in [3.8, 4) is 11.5 Å². The van der Waals surface area contributed by atoms with Crippen LogP contribution < -0.4 is 20.5 Å². The molecule has 0 fully saturated rings. The van der Waals surface area contributed by atoms with E-state index in [1.807, 2.05) is 0 Å². The number of carbonyl (C=O) groups is 1. The number of ether oxygens (including phenoxy) is 2. The van der Waals surface area contributed by atoms with Gasteiger partial charge in [0.25, 0.3) is 0 Å². The van der Waals surface area contributed by atoms with Crippen molar-refractivity contribution in [1.82, 2.24) is 5.32 Å². The Hall–Kier alpha value is -2.44. The number of nitrogens with two attached hydrogens (primary N) is 1. The molecule has 0 radical (unpaired) electrons. The van der Waals surface area contributed by atoms with Crippen molar-refractivity contribution in [2.45, 2.75) is 12.5 Å². The van der Waals surface area contributed by atoms with Gasteiger partial charge in [0.1, 0.15) is 17.5 Å². The van der Waals surface area contributed by atoms with Gasteiger partial charge in [0.05, 0.1) is 14.2 Å². The Kier molecular flexibility index (Phi) is 6.86. The SMILES string of the molecule is COc1cc(OC)cc(C(NCCCN=[N+]=[N-])C(N)=O)c1. The van der Waals surface area contributed by atoms with Gasteiger partial charge in [-0.05, 0) is 36.2 Å². The van der Waals surface area contributed by atoms with Gasteiger partial charge in [-0.15, -0.1) is 0 Å². The molecule has 0 aliphatic rings. The molecule has 0 bridgehead atoms. The summed E-state index contributed by atoms with van der Waals surface area (Å²) in [6, 6.07) is 4.49. The van der Waals surface area contributed by atoms with E-state index in [0.29, 0.717) is 36.6 Å². The molecular formula is C13H19N5O3. The van der Waals surface area contributed by atoms with Crippen LogP contribution >= 0.6 is 0 Å². The molecule has 8 heteroatoms. The number of benzene rings is 1. The molecule has 0 aromatic heterocycles. The standard InChI is InChI=1S/C13H19N5O3/c1-20-10-6-9(7-11(8-10)21-2)12(13(14)19)16-4-3-5-17-18-15/h6-8,12,16H,3-5H2,1-2H3,(H2,14,19). The molecule has 1 rings (SSSR count). The fourth-order valence-electron chi connectivity index (χ4n) is 1.82. The predicted octanol–water partition coefficient (Wildman–Crippen LogP) is 1.52. The maximum absolute atomic E-state index is 11.6. The highest BCUT2D eigenvalue weighted by Gasteiger charge is 2.18. The molecule has 0 aliphatic heterocycles. The van der Waals surface area contributed by atoms with Crippen LogP contribution in [0.4, 0.5) is 0 Å². The molecule has 3 N–H and O–H groups in total. The van der Waals surface area contributed by atoms with E-state index in [9.17, 15) is 4.79 Å². The lowest BCUT2D eigenvalue weighted by molar-refractivity contribution is -0.120. The summed E-state index contributed by atoms with van der Waals surface area (Å²) < 4.78 is 10.3. The van der Waals surface area contributed by atoms with Gasteiger partial charge in [-0.1, -0.05) is 5.11 Å². The third kappa shape index (κ3) is 5.21. The van der Waals surface area contributed by atoms with Gasteiger partial charge in [0.2, 0.25) is 5.91 Å². The van der Waals surface area contributed by atoms with E-state index in [4.69, 9.17) is 20.7 Å². The summed E-state index contributed by atoms with van der Waals surface area (Å²) in [5, 5.41) is 6.45. The van der Waals surface area contributed by atoms with Crippen molar-refractivity contribution < 1.29 is 14.3 Å². The number of azide groups is 1. The number of rotatable bonds is 9. The van der Waals surface area contributed by atoms with Gasteiger partial charge in [0, 0.05) is 17.5 Å². The maximum atomic E-state index is 11.6. The van der Waals surface area contributed by atoms with Gasteiger partial charge < -0.3 is 20.5 Å². The van der Waals surface area contributed by atoms with Crippen LogP contribution in [0.15, 0.2) is 23.3 Å². The Balaban J connectivity index is 2.84. The summed E-state index contributed by atoms with van der Waals surface area (Å²) >= 11 is 0. The molecule has 1 aromatic carbocycles. The quantitative estimate of drug-likeness (QED) is 0.310. The minimum absolute atomic E-state index is 0.358. The normalized spacial score (nSPS) is 11.3. The molecule has 1 unspecified atom stereocenters. The van der Waals surface area contributed by atoms with Gasteiger partial charge in [0.15, 0.2) is 0 Å². The summed E-state index contributed by atoms with van der Waals surface area (Å²) in [5.74, 6) is 0.645. The summed E-state index contributed by atoms with van der Waals surface area (Å²) in [5.41, 5.74) is 14.3. The number of nitrogens with zero attached hydrogens (tertiary/aromatic N) is 3. The zero-order valence-electron chi connectivity index (χ0n) is 12.1. The number of amides is 1. The molecule has 8 nitrogen and oxygen atoms in total. The molecular weight excluding hydrogens is 274 g/mol. The third-order valence-electron chi connectivity index (χ3n) is 2.84. The minimum Gasteiger partial charge on any atom is -0.497 e. The van der Waals surface area contributed by atoms with E-state index < -0.39 is 11.9 Å². The average molecular weight is 293 g/mol. The second kappa shape index (κ2) is 8.68. The Morgan fingerprint density at radius 2 is 2.00 bits per heavy atom. The Labute approximate surface area is 122 Å². The Morgan fingerprint density at radius 3 is 2.48 bits per heavy atom. The van der Waals surface area contributed by atoms with Gasteiger partial charge >= 0.3 is 0 Å². The summed E-state index contributed by atoms with van der Waals surface area (Å²) in [6.07, 6.45) is 0.606. The van der Waals surface area contributed by atoms with E-state index in [1.54, 1.807) is 18.2 Å². The van der Waals surface area contributed by atoms with E-state index >= 15 is 0 Å². The highest BCUT2D eigenvalue weighted by molar-refractivity contribution is 5.81. The van der Waals surface area contributed by atoms with Crippen molar-refractivity contribution in [1.29, 1.82) is 0 Å². The largest absolute Gasteiger partial charge is 0.497 e. The van der Waals surface area contributed by atoms with Crippen molar-refractivity contribution in [3.05, 3.63) is 34.2 Å². The molecule has 0 saturated heterocycles. The van der Waals surface area contributed by atoms with Crippen molar-refractivity contribution in [2.24, 2.45) is 10.8 Å². The van der Waals surface area contributed by atoms with Crippen LogP contribution in [0.25, 0.3) is 10.4 Å². The highest BCUT2D eigenvalue weighted by atomic mass is 16.5. The smallest absolute Gasteiger partial charge is 0.239 e. The van der Waals surface area contributed by atoms with Gasteiger partial charge in [-0.2, -0.15) is 0 Å². The third-order valence-corrected chi connectivity index (χ3v) is 2.84. The topological polar surface area (TPSA) is 122 Å². The average Bonchev–Trinajstić information content (AvgIpc) is 2.49.